The maximum absolute atomic E-state index is 13.5. The number of halogens is 2. The lowest BCUT2D eigenvalue weighted by Crippen LogP contribution is -2.53. The van der Waals surface area contributed by atoms with Crippen LogP contribution in [0.2, 0.25) is 5.02 Å². The molecule has 1 saturated heterocycles. The van der Waals surface area contributed by atoms with Gasteiger partial charge in [0.1, 0.15) is 24.3 Å². The SMILES string of the molecule is CN1C(=O)c2cc(NC(=O)c3ccc(Cl)cc3)ccc2OC[C@H]2O[C@@H](CC(=O)NCc3cccc(F)c3)CC[C@H]21. The molecule has 0 aromatic heterocycles. The standard InChI is InChI=1S/C30H29ClFN3O5/c1-35-25-11-10-23(15-28(36)33-16-18-3-2-4-21(32)13-18)40-27(25)17-39-26-12-9-22(14-24(26)30(35)38)34-29(37)19-5-7-20(31)8-6-19/h2-9,12-14,23,25,27H,10-11,15-17H2,1H3,(H,33,36)(H,34,37)/t23-,25-,27-/m1/s1. The van der Waals surface area contributed by atoms with Crippen molar-refractivity contribution in [2.45, 2.75) is 44.1 Å². The monoisotopic (exact) mass is 565 g/mol. The predicted octanol–water partition coefficient (Wildman–Crippen LogP) is 4.82. The summed E-state index contributed by atoms with van der Waals surface area (Å²) in [6.07, 6.45) is 0.645. The molecule has 0 radical (unpaired) electrons. The van der Waals surface area contributed by atoms with Crippen molar-refractivity contribution in [1.29, 1.82) is 0 Å². The third-order valence-corrected chi connectivity index (χ3v) is 7.42. The highest BCUT2D eigenvalue weighted by molar-refractivity contribution is 6.30. The van der Waals surface area contributed by atoms with Crippen LogP contribution in [0.1, 0.15) is 45.5 Å². The largest absolute Gasteiger partial charge is 0.490 e. The number of carbonyl (C=O) groups excluding carboxylic acids is 3. The molecule has 10 heteroatoms. The molecule has 0 aliphatic carbocycles. The Labute approximate surface area is 236 Å². The quantitative estimate of drug-likeness (QED) is 0.447. The lowest BCUT2D eigenvalue weighted by molar-refractivity contribution is -0.134. The van der Waals surface area contributed by atoms with E-state index >= 15 is 0 Å². The van der Waals surface area contributed by atoms with Crippen LogP contribution in [0.5, 0.6) is 5.75 Å². The summed E-state index contributed by atoms with van der Waals surface area (Å²) in [6.45, 7) is 0.432. The molecule has 1 fully saturated rings. The van der Waals surface area contributed by atoms with Crippen LogP contribution in [0.4, 0.5) is 10.1 Å². The molecule has 40 heavy (non-hydrogen) atoms. The molecule has 3 aromatic carbocycles. The zero-order valence-electron chi connectivity index (χ0n) is 21.9. The van der Waals surface area contributed by atoms with Crippen molar-refractivity contribution in [3.8, 4) is 5.75 Å². The summed E-state index contributed by atoms with van der Waals surface area (Å²) in [7, 11) is 1.73. The van der Waals surface area contributed by atoms with E-state index < -0.39 is 6.10 Å². The van der Waals surface area contributed by atoms with Crippen LogP contribution in [-0.2, 0) is 16.1 Å². The Morgan fingerprint density at radius 1 is 1.07 bits per heavy atom. The van der Waals surface area contributed by atoms with Crippen LogP contribution >= 0.6 is 11.6 Å². The fourth-order valence-corrected chi connectivity index (χ4v) is 5.16. The van der Waals surface area contributed by atoms with Crippen molar-refractivity contribution >= 4 is 35.0 Å². The van der Waals surface area contributed by atoms with Crippen LogP contribution in [0.3, 0.4) is 0 Å². The Balaban J connectivity index is 1.21. The van der Waals surface area contributed by atoms with Crippen LogP contribution in [0, 0.1) is 5.82 Å². The van der Waals surface area contributed by atoms with E-state index in [9.17, 15) is 18.8 Å². The molecule has 2 aliphatic rings. The number of benzene rings is 3. The molecular formula is C30H29ClFN3O5. The highest BCUT2D eigenvalue weighted by Gasteiger charge is 2.39. The summed E-state index contributed by atoms with van der Waals surface area (Å²) in [5.41, 5.74) is 1.92. The zero-order valence-corrected chi connectivity index (χ0v) is 22.6. The summed E-state index contributed by atoms with van der Waals surface area (Å²) in [5.74, 6) is -0.726. The van der Waals surface area contributed by atoms with E-state index in [2.05, 4.69) is 10.6 Å². The first-order valence-corrected chi connectivity index (χ1v) is 13.4. The highest BCUT2D eigenvalue weighted by atomic mass is 35.5. The number of hydrogen-bond donors (Lipinski definition) is 2. The number of amides is 3. The Hall–Kier alpha value is -3.95. The molecule has 0 unspecified atom stereocenters. The minimum Gasteiger partial charge on any atom is -0.490 e. The zero-order chi connectivity index (χ0) is 28.2. The Kier molecular flexibility index (Phi) is 8.32. The van der Waals surface area contributed by atoms with Gasteiger partial charge in [-0.25, -0.2) is 4.39 Å². The number of fused-ring (bicyclic) bond motifs is 2. The minimum atomic E-state index is -0.416. The van der Waals surface area contributed by atoms with Crippen molar-refractivity contribution in [3.05, 3.63) is 94.3 Å². The van der Waals surface area contributed by atoms with Crippen molar-refractivity contribution in [3.63, 3.8) is 0 Å². The van der Waals surface area contributed by atoms with Gasteiger partial charge in [-0.3, -0.25) is 14.4 Å². The van der Waals surface area contributed by atoms with Gasteiger partial charge in [0.2, 0.25) is 5.91 Å². The van der Waals surface area contributed by atoms with Crippen molar-refractivity contribution < 1.29 is 28.2 Å². The highest BCUT2D eigenvalue weighted by Crippen LogP contribution is 2.32. The summed E-state index contributed by atoms with van der Waals surface area (Å²) in [6, 6.07) is 17.3. The van der Waals surface area contributed by atoms with Gasteiger partial charge in [0.05, 0.1) is 24.1 Å². The average molecular weight is 566 g/mol. The normalized spacial score (nSPS) is 20.3. The molecule has 8 nitrogen and oxygen atoms in total. The molecule has 2 heterocycles. The van der Waals surface area contributed by atoms with E-state index in [-0.39, 0.29) is 55.3 Å². The van der Waals surface area contributed by atoms with Gasteiger partial charge in [-0.2, -0.15) is 0 Å². The van der Waals surface area contributed by atoms with E-state index in [1.165, 1.54) is 12.1 Å². The van der Waals surface area contributed by atoms with Crippen LogP contribution in [0.15, 0.2) is 66.7 Å². The summed E-state index contributed by atoms with van der Waals surface area (Å²) in [4.78, 5) is 40.3. The predicted molar refractivity (Wildman–Crippen MR) is 148 cm³/mol. The molecule has 2 N–H and O–H groups in total. The van der Waals surface area contributed by atoms with Gasteiger partial charge < -0.3 is 25.0 Å². The number of rotatable bonds is 6. The smallest absolute Gasteiger partial charge is 0.257 e. The molecule has 3 aromatic rings. The van der Waals surface area contributed by atoms with E-state index in [1.54, 1.807) is 66.5 Å². The maximum Gasteiger partial charge on any atom is 0.257 e. The minimum absolute atomic E-state index is 0.156. The average Bonchev–Trinajstić information content (AvgIpc) is 2.94. The summed E-state index contributed by atoms with van der Waals surface area (Å²) < 4.78 is 25.6. The first kappa shape index (κ1) is 27.6. The second-order valence-corrected chi connectivity index (χ2v) is 10.4. The molecule has 5 rings (SSSR count). The number of carbonyl (C=O) groups is 3. The van der Waals surface area contributed by atoms with Gasteiger partial charge in [-0.1, -0.05) is 23.7 Å². The van der Waals surface area contributed by atoms with Gasteiger partial charge in [0.15, 0.2) is 0 Å². The summed E-state index contributed by atoms with van der Waals surface area (Å²) in [5, 5.41) is 6.16. The third-order valence-electron chi connectivity index (χ3n) is 7.17. The van der Waals surface area contributed by atoms with Gasteiger partial charge in [-0.05, 0) is 73.0 Å². The second-order valence-electron chi connectivity index (χ2n) is 9.95. The lowest BCUT2D eigenvalue weighted by atomic mass is 9.94. The maximum atomic E-state index is 13.5. The van der Waals surface area contributed by atoms with E-state index in [0.717, 1.165) is 0 Å². The molecule has 0 spiro atoms. The molecule has 2 aliphatic heterocycles. The van der Waals surface area contributed by atoms with E-state index in [1.807, 2.05) is 0 Å². The van der Waals surface area contributed by atoms with E-state index in [0.29, 0.717) is 46.0 Å². The molecule has 3 amide bonds. The molecule has 208 valence electrons. The molecular weight excluding hydrogens is 537 g/mol. The van der Waals surface area contributed by atoms with E-state index in [4.69, 9.17) is 21.1 Å². The Morgan fingerprint density at radius 2 is 1.88 bits per heavy atom. The lowest BCUT2D eigenvalue weighted by Gasteiger charge is -2.42. The van der Waals surface area contributed by atoms with Crippen molar-refractivity contribution in [1.82, 2.24) is 10.2 Å². The van der Waals surface area contributed by atoms with Crippen LogP contribution in [-0.4, -0.2) is 54.5 Å². The number of nitrogens with zero attached hydrogens (tertiary/aromatic N) is 1. The van der Waals surface area contributed by atoms with Crippen molar-refractivity contribution in [2.24, 2.45) is 0 Å². The Morgan fingerprint density at radius 3 is 2.65 bits per heavy atom. The number of hydrogen-bond acceptors (Lipinski definition) is 5. The van der Waals surface area contributed by atoms with Crippen molar-refractivity contribution in [2.75, 3.05) is 19.0 Å². The first-order chi connectivity index (χ1) is 19.3. The van der Waals surface area contributed by atoms with Gasteiger partial charge in [0.25, 0.3) is 11.8 Å². The summed E-state index contributed by atoms with van der Waals surface area (Å²) >= 11 is 5.91. The number of likely N-dealkylation sites (N-methyl/N-ethyl adjacent to an activating group) is 1. The Bertz CT molecular complexity index is 1420. The van der Waals surface area contributed by atoms with Gasteiger partial charge >= 0.3 is 0 Å². The van der Waals surface area contributed by atoms with Crippen LogP contribution < -0.4 is 15.4 Å². The fraction of sp³-hybridized carbons (Fsp3) is 0.300. The number of ether oxygens (including phenoxy) is 2. The first-order valence-electron chi connectivity index (χ1n) is 13.0. The van der Waals surface area contributed by atoms with Crippen LogP contribution in [0.25, 0.3) is 0 Å². The molecule has 3 atom stereocenters. The second kappa shape index (κ2) is 12.1. The molecule has 0 saturated carbocycles. The molecule has 0 bridgehead atoms. The fourth-order valence-electron chi connectivity index (χ4n) is 5.04. The number of anilines is 1. The van der Waals surface area contributed by atoms with Gasteiger partial charge in [-0.15, -0.1) is 0 Å². The third kappa shape index (κ3) is 6.43. The van der Waals surface area contributed by atoms with Gasteiger partial charge in [0, 0.05) is 29.9 Å². The topological polar surface area (TPSA) is 97.0 Å². The number of nitrogens with one attached hydrogen (secondary N) is 2.